The summed E-state index contributed by atoms with van der Waals surface area (Å²) in [7, 11) is 1.62. The lowest BCUT2D eigenvalue weighted by Crippen LogP contribution is -2.10. The van der Waals surface area contributed by atoms with Crippen molar-refractivity contribution in [1.82, 2.24) is 4.98 Å². The number of nitrogens with two attached hydrogens (primary N) is 1. The Bertz CT molecular complexity index is 357. The van der Waals surface area contributed by atoms with Gasteiger partial charge in [-0.25, -0.2) is 9.78 Å². The Morgan fingerprint density at radius 2 is 2.22 bits per heavy atom. The number of esters is 1. The Labute approximate surface area is 110 Å². The van der Waals surface area contributed by atoms with Crippen LogP contribution in [0, 0.1) is 0 Å². The fourth-order valence-electron chi connectivity index (χ4n) is 1.14. The summed E-state index contributed by atoms with van der Waals surface area (Å²) < 4.78 is 15.1. The van der Waals surface area contributed by atoms with Crippen LogP contribution in [0.2, 0.25) is 0 Å². The highest BCUT2D eigenvalue weighted by Crippen LogP contribution is 2.09. The highest BCUT2D eigenvalue weighted by Gasteiger charge is 2.11. The van der Waals surface area contributed by atoms with E-state index in [4.69, 9.17) is 19.9 Å². The van der Waals surface area contributed by atoms with Gasteiger partial charge in [0.25, 0.3) is 0 Å². The first-order valence-corrected chi connectivity index (χ1v) is 6.54. The van der Waals surface area contributed by atoms with Crippen LogP contribution in [-0.4, -0.2) is 44.5 Å². The van der Waals surface area contributed by atoms with Crippen LogP contribution in [0.1, 0.15) is 21.9 Å². The van der Waals surface area contributed by atoms with Gasteiger partial charge in [0.15, 0.2) is 5.69 Å². The van der Waals surface area contributed by atoms with Crippen LogP contribution in [0.15, 0.2) is 5.38 Å². The van der Waals surface area contributed by atoms with Crippen molar-refractivity contribution in [3.05, 3.63) is 16.1 Å². The van der Waals surface area contributed by atoms with Gasteiger partial charge in [-0.3, -0.25) is 0 Å². The Balaban J connectivity index is 2.10. The van der Waals surface area contributed by atoms with Crippen molar-refractivity contribution in [2.75, 3.05) is 33.5 Å². The molecule has 1 aromatic heterocycles. The molecule has 18 heavy (non-hydrogen) atoms. The van der Waals surface area contributed by atoms with E-state index in [0.29, 0.717) is 45.1 Å². The van der Waals surface area contributed by atoms with Crippen molar-refractivity contribution in [2.24, 2.45) is 5.73 Å². The summed E-state index contributed by atoms with van der Waals surface area (Å²) in [5.74, 6) is -0.414. The zero-order valence-corrected chi connectivity index (χ0v) is 11.2. The zero-order chi connectivity index (χ0) is 13.2. The highest BCUT2D eigenvalue weighted by molar-refractivity contribution is 7.09. The zero-order valence-electron chi connectivity index (χ0n) is 10.4. The Morgan fingerprint density at radius 3 is 2.89 bits per heavy atom. The van der Waals surface area contributed by atoms with Gasteiger partial charge in [-0.1, -0.05) is 0 Å². The third-order valence-corrected chi connectivity index (χ3v) is 2.90. The second-order valence-corrected chi connectivity index (χ2v) is 4.37. The third-order valence-electron chi connectivity index (χ3n) is 2.03. The van der Waals surface area contributed by atoms with E-state index in [1.807, 2.05) is 0 Å². The number of methoxy groups -OCH3 is 1. The summed E-state index contributed by atoms with van der Waals surface area (Å²) >= 11 is 1.36. The lowest BCUT2D eigenvalue weighted by Gasteiger charge is -2.04. The first kappa shape index (κ1) is 15.0. The number of carbonyl (C=O) groups is 1. The molecule has 0 unspecified atom stereocenters. The molecule has 0 aliphatic rings. The number of ether oxygens (including phenoxy) is 3. The maximum absolute atomic E-state index is 11.5. The minimum atomic E-state index is -0.414. The molecular formula is C11H18N2O4S. The molecule has 0 spiro atoms. The number of rotatable bonds is 9. The Morgan fingerprint density at radius 1 is 1.39 bits per heavy atom. The van der Waals surface area contributed by atoms with E-state index in [1.165, 1.54) is 11.3 Å². The number of carbonyl (C=O) groups excluding carboxylic acids is 1. The minimum absolute atomic E-state index is 0.320. The van der Waals surface area contributed by atoms with Crippen molar-refractivity contribution in [3.63, 3.8) is 0 Å². The first-order valence-electron chi connectivity index (χ1n) is 5.66. The average Bonchev–Trinajstić information content (AvgIpc) is 2.86. The highest BCUT2D eigenvalue weighted by atomic mass is 32.1. The van der Waals surface area contributed by atoms with Crippen LogP contribution in [0.3, 0.4) is 0 Å². The molecule has 0 radical (unpaired) electrons. The largest absolute Gasteiger partial charge is 0.461 e. The van der Waals surface area contributed by atoms with Crippen molar-refractivity contribution in [3.8, 4) is 0 Å². The fourth-order valence-corrected chi connectivity index (χ4v) is 1.79. The maximum atomic E-state index is 11.5. The molecule has 0 saturated carbocycles. The van der Waals surface area contributed by atoms with Gasteiger partial charge in [0.05, 0.1) is 19.8 Å². The monoisotopic (exact) mass is 274 g/mol. The molecule has 0 amide bonds. The van der Waals surface area contributed by atoms with Gasteiger partial charge in [0.2, 0.25) is 0 Å². The lowest BCUT2D eigenvalue weighted by molar-refractivity contribution is 0.0381. The van der Waals surface area contributed by atoms with E-state index in [0.717, 1.165) is 5.01 Å². The first-order chi connectivity index (χ1) is 8.77. The molecule has 0 saturated heterocycles. The topological polar surface area (TPSA) is 83.7 Å². The van der Waals surface area contributed by atoms with Crippen LogP contribution in [0.5, 0.6) is 0 Å². The van der Waals surface area contributed by atoms with Crippen LogP contribution >= 0.6 is 11.3 Å². The molecule has 1 rings (SSSR count). The van der Waals surface area contributed by atoms with E-state index < -0.39 is 5.97 Å². The normalized spacial score (nSPS) is 10.6. The predicted molar refractivity (Wildman–Crippen MR) is 67.6 cm³/mol. The molecule has 1 aromatic rings. The molecule has 7 heteroatoms. The molecule has 0 atom stereocenters. The smallest absolute Gasteiger partial charge is 0.357 e. The van der Waals surface area contributed by atoms with Crippen molar-refractivity contribution in [2.45, 2.75) is 13.0 Å². The van der Waals surface area contributed by atoms with E-state index in [9.17, 15) is 4.79 Å². The van der Waals surface area contributed by atoms with Crippen LogP contribution < -0.4 is 5.73 Å². The number of hydrogen-bond donors (Lipinski definition) is 1. The van der Waals surface area contributed by atoms with Crippen molar-refractivity contribution in [1.29, 1.82) is 0 Å². The van der Waals surface area contributed by atoms with Gasteiger partial charge in [0.1, 0.15) is 5.01 Å². The van der Waals surface area contributed by atoms with Gasteiger partial charge >= 0.3 is 5.97 Å². The standard InChI is InChI=1S/C11H18N2O4S/c1-15-5-6-16-3-2-4-17-11(14)9-8-18-10(7-12)13-9/h8H,2-7,12H2,1H3. The van der Waals surface area contributed by atoms with Gasteiger partial charge in [-0.15, -0.1) is 11.3 Å². The second kappa shape index (κ2) is 8.98. The molecule has 102 valence electrons. The van der Waals surface area contributed by atoms with Gasteiger partial charge in [0, 0.05) is 32.1 Å². The van der Waals surface area contributed by atoms with Crippen LogP contribution in [0.4, 0.5) is 0 Å². The van der Waals surface area contributed by atoms with Gasteiger partial charge in [-0.05, 0) is 0 Å². The summed E-state index contributed by atoms with van der Waals surface area (Å²) in [5.41, 5.74) is 5.73. The lowest BCUT2D eigenvalue weighted by atomic mass is 10.4. The molecule has 0 fully saturated rings. The molecule has 0 aliphatic heterocycles. The fraction of sp³-hybridized carbons (Fsp3) is 0.636. The molecule has 2 N–H and O–H groups in total. The molecule has 1 heterocycles. The Hall–Kier alpha value is -1.02. The third kappa shape index (κ3) is 5.54. The maximum Gasteiger partial charge on any atom is 0.357 e. The number of aromatic nitrogens is 1. The van der Waals surface area contributed by atoms with Gasteiger partial charge in [-0.2, -0.15) is 0 Å². The van der Waals surface area contributed by atoms with Gasteiger partial charge < -0.3 is 19.9 Å². The molecule has 0 aromatic carbocycles. The molecular weight excluding hydrogens is 256 g/mol. The number of nitrogens with zero attached hydrogens (tertiary/aromatic N) is 1. The molecule has 0 aliphatic carbocycles. The van der Waals surface area contributed by atoms with E-state index in [2.05, 4.69) is 4.98 Å². The number of hydrogen-bond acceptors (Lipinski definition) is 7. The van der Waals surface area contributed by atoms with Crippen molar-refractivity contribution < 1.29 is 19.0 Å². The van der Waals surface area contributed by atoms with E-state index in [1.54, 1.807) is 12.5 Å². The summed E-state index contributed by atoms with van der Waals surface area (Å²) in [6.45, 7) is 2.32. The average molecular weight is 274 g/mol. The number of thiazole rings is 1. The van der Waals surface area contributed by atoms with E-state index >= 15 is 0 Å². The van der Waals surface area contributed by atoms with Crippen LogP contribution in [-0.2, 0) is 20.8 Å². The molecule has 6 nitrogen and oxygen atoms in total. The predicted octanol–water partition coefficient (Wildman–Crippen LogP) is 0.812. The summed E-state index contributed by atoms with van der Waals surface area (Å²) in [6, 6.07) is 0. The van der Waals surface area contributed by atoms with E-state index in [-0.39, 0.29) is 0 Å². The van der Waals surface area contributed by atoms with Crippen molar-refractivity contribution >= 4 is 17.3 Å². The minimum Gasteiger partial charge on any atom is -0.461 e. The molecule has 0 bridgehead atoms. The SMILES string of the molecule is COCCOCCCOC(=O)c1csc(CN)n1. The Kier molecular flexibility index (Phi) is 7.51. The summed E-state index contributed by atoms with van der Waals surface area (Å²) in [6.07, 6.45) is 0.656. The summed E-state index contributed by atoms with van der Waals surface area (Å²) in [4.78, 5) is 15.6. The second-order valence-electron chi connectivity index (χ2n) is 3.43. The van der Waals surface area contributed by atoms with Crippen LogP contribution in [0.25, 0.3) is 0 Å². The summed E-state index contributed by atoms with van der Waals surface area (Å²) in [5, 5.41) is 2.38. The quantitative estimate of drug-likeness (QED) is 0.530.